The average molecular weight is 793 g/mol. The van der Waals surface area contributed by atoms with E-state index >= 15 is 4.79 Å². The molecular formula is C42H52N8O6Si. The van der Waals surface area contributed by atoms with E-state index in [1.54, 1.807) is 21.6 Å². The first-order valence-electron chi connectivity index (χ1n) is 19.9. The van der Waals surface area contributed by atoms with Crippen LogP contribution in [0.1, 0.15) is 30.2 Å². The number of methoxy groups -OCH3 is 1. The lowest BCUT2D eigenvalue weighted by molar-refractivity contribution is -0.146. The van der Waals surface area contributed by atoms with Crippen LogP contribution in [-0.4, -0.2) is 105 Å². The summed E-state index contributed by atoms with van der Waals surface area (Å²) in [6.45, 7) is 10.8. The van der Waals surface area contributed by atoms with Crippen LogP contribution in [0.5, 0.6) is 5.75 Å². The van der Waals surface area contributed by atoms with E-state index in [-0.39, 0.29) is 48.4 Å². The molecule has 3 amide bonds. The second-order valence-electron chi connectivity index (χ2n) is 16.1. The number of aromatic nitrogens is 3. The number of hydrogen-bond donors (Lipinski definition) is 3. The largest absolute Gasteiger partial charge is 0.497 e. The van der Waals surface area contributed by atoms with Crippen molar-refractivity contribution in [2.24, 2.45) is 5.92 Å². The third-order valence-corrected chi connectivity index (χ3v) is 16.9. The number of amides is 3. The molecule has 300 valence electrons. The first kappa shape index (κ1) is 38.9. The van der Waals surface area contributed by atoms with Crippen molar-refractivity contribution in [3.8, 4) is 5.75 Å². The van der Waals surface area contributed by atoms with Gasteiger partial charge in [-0.1, -0.05) is 54.7 Å². The highest BCUT2D eigenvalue weighted by Gasteiger charge is 2.66. The second kappa shape index (κ2) is 15.8. The number of piperazine rings is 2. The van der Waals surface area contributed by atoms with Gasteiger partial charge in [0, 0.05) is 74.8 Å². The quantitative estimate of drug-likeness (QED) is 0.183. The molecule has 4 aromatic rings. The minimum Gasteiger partial charge on any atom is -0.497 e. The summed E-state index contributed by atoms with van der Waals surface area (Å²) in [5, 5.41) is 25.6. The molecule has 3 N–H and O–H groups in total. The van der Waals surface area contributed by atoms with Crippen LogP contribution in [0.3, 0.4) is 0 Å². The predicted molar refractivity (Wildman–Crippen MR) is 220 cm³/mol. The topological polar surface area (TPSA) is 154 Å². The number of hydrogen-bond acceptors (Lipinski definition) is 10. The van der Waals surface area contributed by atoms with E-state index in [0.29, 0.717) is 52.1 Å². The predicted octanol–water partition coefficient (Wildman–Crippen LogP) is 2.55. The number of nitrogens with zero attached hydrogens (tertiary/aromatic N) is 6. The summed E-state index contributed by atoms with van der Waals surface area (Å²) < 4.78 is 14.7. The summed E-state index contributed by atoms with van der Waals surface area (Å²) >= 11 is 0. The fourth-order valence-electron chi connectivity index (χ4n) is 9.56. The maximum Gasteiger partial charge on any atom is 0.264 e. The Balaban J connectivity index is 1.19. The smallest absolute Gasteiger partial charge is 0.264 e. The fourth-order valence-corrected chi connectivity index (χ4v) is 13.6. The van der Waals surface area contributed by atoms with E-state index in [9.17, 15) is 14.7 Å². The molecule has 57 heavy (non-hydrogen) atoms. The molecular weight excluding hydrogens is 741 g/mol. The van der Waals surface area contributed by atoms with Gasteiger partial charge in [0.25, 0.3) is 5.91 Å². The number of aliphatic hydroxyl groups excluding tert-OH is 1. The summed E-state index contributed by atoms with van der Waals surface area (Å²) in [6, 6.07) is 22.1. The van der Waals surface area contributed by atoms with Gasteiger partial charge in [-0.25, -0.2) is 0 Å². The summed E-state index contributed by atoms with van der Waals surface area (Å²) in [5.74, 6) is 0.448. The molecule has 5 heterocycles. The first-order chi connectivity index (χ1) is 27.5. The van der Waals surface area contributed by atoms with Crippen molar-refractivity contribution in [3.63, 3.8) is 0 Å². The van der Waals surface area contributed by atoms with Gasteiger partial charge < -0.3 is 39.9 Å². The van der Waals surface area contributed by atoms with Crippen LogP contribution in [0.4, 0.5) is 17.1 Å². The van der Waals surface area contributed by atoms with Crippen LogP contribution in [0.2, 0.25) is 18.6 Å². The molecule has 0 bridgehead atoms. The van der Waals surface area contributed by atoms with Crippen LogP contribution >= 0.6 is 0 Å². The van der Waals surface area contributed by atoms with E-state index in [4.69, 9.17) is 9.47 Å². The SMILES string of the molecule is COc1ccc([Si](C)(C)[C@@H]2[C@@H](CCn3cc(CCO)nn3)O[C@]3(C(=O)N(Cc4ccc(N5CCNCC5=O)cc4)c4ccc(N5CCNCC5=O)cc43)[C@H]2C)cc1. The van der Waals surface area contributed by atoms with Gasteiger partial charge in [-0.05, 0) is 60.0 Å². The molecule has 3 fully saturated rings. The van der Waals surface area contributed by atoms with E-state index in [1.165, 1.54) is 5.19 Å². The number of fused-ring (bicyclic) bond motifs is 2. The first-order valence-corrected chi connectivity index (χ1v) is 23.0. The fraction of sp³-hybridized carbons (Fsp3) is 0.452. The number of aliphatic hydroxyl groups is 1. The summed E-state index contributed by atoms with van der Waals surface area (Å²) in [7, 11) is -0.753. The van der Waals surface area contributed by atoms with Gasteiger partial charge in [-0.3, -0.25) is 19.1 Å². The highest BCUT2D eigenvalue weighted by atomic mass is 28.3. The van der Waals surface area contributed by atoms with E-state index in [2.05, 4.69) is 53.1 Å². The number of benzene rings is 3. The van der Waals surface area contributed by atoms with Crippen molar-refractivity contribution < 1.29 is 29.0 Å². The lowest BCUT2D eigenvalue weighted by Gasteiger charge is -2.37. The lowest BCUT2D eigenvalue weighted by Crippen LogP contribution is -2.52. The van der Waals surface area contributed by atoms with Crippen molar-refractivity contribution in [1.82, 2.24) is 25.6 Å². The van der Waals surface area contributed by atoms with E-state index < -0.39 is 13.7 Å². The van der Waals surface area contributed by atoms with Crippen molar-refractivity contribution in [3.05, 3.63) is 89.7 Å². The minimum atomic E-state index is -2.42. The molecule has 0 radical (unpaired) electrons. The van der Waals surface area contributed by atoms with Gasteiger partial charge in [0.15, 0.2) is 5.60 Å². The van der Waals surface area contributed by atoms with Crippen molar-refractivity contribution >= 4 is 48.0 Å². The molecule has 1 spiro atoms. The molecule has 4 atom stereocenters. The number of carbonyl (C=O) groups excluding carboxylic acids is 3. The normalized spacial score (nSPS) is 23.8. The standard InChI is InChI=1S/C42H52N8O6Si/c1-28-40(57(3,4)34-12-10-33(55-2)11-13-34)37(15-19-47-27-30(16-22-51)45-46-47)56-42(28)35-23-32(49-21-18-44-25-39(49)53)9-14-36(35)50(41(42)54)26-29-5-7-31(8-6-29)48-20-17-43-24-38(48)52/h5-14,23,27-28,37,40,43-44,51H,15-22,24-26H2,1-4H3/t28-,37+,40-,42+/m0/s1. The Morgan fingerprint density at radius 1 is 0.930 bits per heavy atom. The Hall–Kier alpha value is -4.93. The Morgan fingerprint density at radius 2 is 1.60 bits per heavy atom. The summed E-state index contributed by atoms with van der Waals surface area (Å²) in [4.78, 5) is 46.8. The third kappa shape index (κ3) is 7.05. The third-order valence-electron chi connectivity index (χ3n) is 12.5. The molecule has 14 nitrogen and oxygen atoms in total. The molecule has 1 aromatic heterocycles. The van der Waals surface area contributed by atoms with Gasteiger partial charge in [0.05, 0.1) is 52.3 Å². The molecule has 4 aliphatic rings. The Bertz CT molecular complexity index is 2130. The van der Waals surface area contributed by atoms with E-state index in [1.807, 2.05) is 65.7 Å². The Labute approximate surface area is 334 Å². The van der Waals surface area contributed by atoms with Crippen LogP contribution in [0.25, 0.3) is 0 Å². The number of nitrogens with one attached hydrogen (secondary N) is 2. The maximum absolute atomic E-state index is 15.5. The van der Waals surface area contributed by atoms with Crippen LogP contribution in [0, 0.1) is 5.92 Å². The second-order valence-corrected chi connectivity index (χ2v) is 20.8. The van der Waals surface area contributed by atoms with Crippen LogP contribution in [-0.2, 0) is 44.2 Å². The number of anilines is 3. The van der Waals surface area contributed by atoms with E-state index in [0.717, 1.165) is 46.2 Å². The van der Waals surface area contributed by atoms with Crippen LogP contribution < -0.4 is 35.3 Å². The molecule has 4 aliphatic heterocycles. The average Bonchev–Trinajstić information content (AvgIpc) is 3.87. The van der Waals surface area contributed by atoms with Gasteiger partial charge in [0.1, 0.15) is 5.75 Å². The van der Waals surface area contributed by atoms with Crippen molar-refractivity contribution in [2.45, 2.75) is 63.2 Å². The molecule has 0 aliphatic carbocycles. The zero-order valence-electron chi connectivity index (χ0n) is 33.1. The van der Waals surface area contributed by atoms with Crippen molar-refractivity contribution in [2.75, 3.05) is 67.7 Å². The Kier molecular flexibility index (Phi) is 10.8. The molecule has 3 aromatic carbocycles. The number of ether oxygens (including phenoxy) is 2. The minimum absolute atomic E-state index is 0.00315. The number of carbonyl (C=O) groups is 3. The number of aryl methyl sites for hydroxylation is 1. The zero-order valence-corrected chi connectivity index (χ0v) is 34.1. The van der Waals surface area contributed by atoms with Gasteiger partial charge in [0.2, 0.25) is 11.8 Å². The highest BCUT2D eigenvalue weighted by molar-refractivity contribution is 6.91. The summed E-state index contributed by atoms with van der Waals surface area (Å²) in [6.07, 6.45) is 2.57. The van der Waals surface area contributed by atoms with Crippen molar-refractivity contribution in [1.29, 1.82) is 0 Å². The monoisotopic (exact) mass is 792 g/mol. The Morgan fingerprint density at radius 3 is 2.25 bits per heavy atom. The zero-order chi connectivity index (χ0) is 39.9. The maximum atomic E-state index is 15.5. The van der Waals surface area contributed by atoms with Gasteiger partial charge >= 0.3 is 0 Å². The summed E-state index contributed by atoms with van der Waals surface area (Å²) in [5.41, 5.74) is 3.47. The molecule has 3 saturated heterocycles. The molecule has 0 unspecified atom stereocenters. The van der Waals surface area contributed by atoms with Gasteiger partial charge in [-0.2, -0.15) is 0 Å². The highest BCUT2D eigenvalue weighted by Crippen LogP contribution is 2.60. The lowest BCUT2D eigenvalue weighted by atomic mass is 9.82. The molecule has 15 heteroatoms. The van der Waals surface area contributed by atoms with Crippen LogP contribution in [0.15, 0.2) is 72.9 Å². The van der Waals surface area contributed by atoms with Gasteiger partial charge in [-0.15, -0.1) is 5.10 Å². The molecule has 8 rings (SSSR count). The number of rotatable bonds is 12. The molecule has 0 saturated carbocycles.